The number of nitrogens with zero attached hydrogens (tertiary/aromatic N) is 1. The van der Waals surface area contributed by atoms with Crippen LogP contribution < -0.4 is 5.32 Å². The van der Waals surface area contributed by atoms with Gasteiger partial charge >= 0.3 is 0 Å². The van der Waals surface area contributed by atoms with Gasteiger partial charge in [0.25, 0.3) is 5.91 Å². The molecule has 1 heterocycles. The Balaban J connectivity index is 1.80. The van der Waals surface area contributed by atoms with Crippen LogP contribution in [0.25, 0.3) is 0 Å². The number of nitrogens with one attached hydrogen (secondary N) is 1. The molecule has 0 spiro atoms. The van der Waals surface area contributed by atoms with Gasteiger partial charge in [-0.3, -0.25) is 4.79 Å². The zero-order valence-electron chi connectivity index (χ0n) is 13.5. The molecular weight excluding hydrogens is 324 g/mol. The lowest BCUT2D eigenvalue weighted by Gasteiger charge is -2.16. The molecule has 3 rings (SSSR count). The summed E-state index contributed by atoms with van der Waals surface area (Å²) in [6.45, 7) is 3.07. The van der Waals surface area contributed by atoms with Crippen LogP contribution in [0.3, 0.4) is 0 Å². The van der Waals surface area contributed by atoms with Gasteiger partial charge in [-0.25, -0.2) is 8.42 Å². The molecule has 0 aliphatic carbocycles. The Kier molecular flexibility index (Phi) is 4.69. The molecular formula is C18H20N2O3S. The van der Waals surface area contributed by atoms with Crippen LogP contribution in [0.5, 0.6) is 0 Å². The molecule has 126 valence electrons. The van der Waals surface area contributed by atoms with Crippen molar-refractivity contribution in [3.63, 3.8) is 0 Å². The summed E-state index contributed by atoms with van der Waals surface area (Å²) in [4.78, 5) is 12.5. The third-order valence-corrected chi connectivity index (χ3v) is 6.00. The Bertz CT molecular complexity index is 839. The predicted molar refractivity (Wildman–Crippen MR) is 93.6 cm³/mol. The Labute approximate surface area is 142 Å². The molecule has 1 saturated heterocycles. The van der Waals surface area contributed by atoms with Crippen LogP contribution >= 0.6 is 0 Å². The van der Waals surface area contributed by atoms with Crippen LogP contribution in [0.1, 0.15) is 28.8 Å². The van der Waals surface area contributed by atoms with Gasteiger partial charge in [-0.05, 0) is 50.1 Å². The number of aryl methyl sites for hydroxylation is 1. The Morgan fingerprint density at radius 3 is 2.38 bits per heavy atom. The second-order valence-electron chi connectivity index (χ2n) is 5.96. The third-order valence-electron chi connectivity index (χ3n) is 4.11. The molecule has 0 unspecified atom stereocenters. The molecule has 1 amide bonds. The van der Waals surface area contributed by atoms with E-state index < -0.39 is 10.0 Å². The van der Waals surface area contributed by atoms with Crippen LogP contribution in [0.4, 0.5) is 5.69 Å². The standard InChI is InChI=1S/C18H20N2O3S/c1-14-7-9-15(10-8-14)18(21)19-16-5-4-6-17(13-16)24(22,23)20-11-2-3-12-20/h4-10,13H,2-3,11-12H2,1H3,(H,19,21). The second kappa shape index (κ2) is 6.75. The number of hydrogen-bond acceptors (Lipinski definition) is 3. The summed E-state index contributed by atoms with van der Waals surface area (Å²) in [7, 11) is -3.49. The minimum Gasteiger partial charge on any atom is -0.322 e. The topological polar surface area (TPSA) is 66.5 Å². The highest BCUT2D eigenvalue weighted by atomic mass is 32.2. The number of rotatable bonds is 4. The van der Waals surface area contributed by atoms with E-state index in [-0.39, 0.29) is 10.8 Å². The first-order chi connectivity index (χ1) is 11.5. The first-order valence-electron chi connectivity index (χ1n) is 7.95. The fraction of sp³-hybridized carbons (Fsp3) is 0.278. The number of amides is 1. The second-order valence-corrected chi connectivity index (χ2v) is 7.90. The first-order valence-corrected chi connectivity index (χ1v) is 9.39. The fourth-order valence-electron chi connectivity index (χ4n) is 2.72. The summed E-state index contributed by atoms with van der Waals surface area (Å²) in [5, 5.41) is 2.76. The highest BCUT2D eigenvalue weighted by Crippen LogP contribution is 2.23. The highest BCUT2D eigenvalue weighted by Gasteiger charge is 2.27. The van der Waals surface area contributed by atoms with Crippen molar-refractivity contribution in [3.8, 4) is 0 Å². The average Bonchev–Trinajstić information content (AvgIpc) is 3.11. The number of benzene rings is 2. The van der Waals surface area contributed by atoms with Gasteiger partial charge in [0.1, 0.15) is 0 Å². The summed E-state index contributed by atoms with van der Waals surface area (Å²) >= 11 is 0. The summed E-state index contributed by atoms with van der Waals surface area (Å²) in [6, 6.07) is 13.6. The van der Waals surface area contributed by atoms with E-state index in [2.05, 4.69) is 5.32 Å². The minimum atomic E-state index is -3.49. The molecule has 1 aliphatic heterocycles. The molecule has 0 atom stereocenters. The summed E-state index contributed by atoms with van der Waals surface area (Å²) in [5.41, 5.74) is 2.08. The lowest BCUT2D eigenvalue weighted by molar-refractivity contribution is 0.102. The average molecular weight is 344 g/mol. The molecule has 2 aromatic rings. The van der Waals surface area contributed by atoms with Crippen molar-refractivity contribution in [2.75, 3.05) is 18.4 Å². The predicted octanol–water partition coefficient (Wildman–Crippen LogP) is 3.03. The molecule has 0 aromatic heterocycles. The van der Waals surface area contributed by atoms with Gasteiger partial charge in [0.05, 0.1) is 4.90 Å². The number of carbonyl (C=O) groups is 1. The zero-order valence-corrected chi connectivity index (χ0v) is 14.3. The van der Waals surface area contributed by atoms with Crippen molar-refractivity contribution < 1.29 is 13.2 Å². The summed E-state index contributed by atoms with van der Waals surface area (Å²) < 4.78 is 26.7. The van der Waals surface area contributed by atoms with Crippen LogP contribution in [0.15, 0.2) is 53.4 Å². The molecule has 0 bridgehead atoms. The molecule has 0 radical (unpaired) electrons. The quantitative estimate of drug-likeness (QED) is 0.927. The Morgan fingerprint density at radius 2 is 1.71 bits per heavy atom. The maximum atomic E-state index is 12.6. The largest absolute Gasteiger partial charge is 0.322 e. The fourth-order valence-corrected chi connectivity index (χ4v) is 4.28. The number of sulfonamides is 1. The van der Waals surface area contributed by atoms with E-state index in [0.717, 1.165) is 18.4 Å². The molecule has 1 N–H and O–H groups in total. The Hall–Kier alpha value is -2.18. The van der Waals surface area contributed by atoms with E-state index in [9.17, 15) is 13.2 Å². The SMILES string of the molecule is Cc1ccc(C(=O)Nc2cccc(S(=O)(=O)N3CCCC3)c2)cc1. The number of anilines is 1. The van der Waals surface area contributed by atoms with Crippen molar-refractivity contribution in [3.05, 3.63) is 59.7 Å². The lowest BCUT2D eigenvalue weighted by Crippen LogP contribution is -2.27. The molecule has 5 nitrogen and oxygen atoms in total. The van der Waals surface area contributed by atoms with E-state index in [1.165, 1.54) is 10.4 Å². The zero-order chi connectivity index (χ0) is 17.2. The van der Waals surface area contributed by atoms with Gasteiger partial charge in [0, 0.05) is 24.3 Å². The van der Waals surface area contributed by atoms with Gasteiger partial charge < -0.3 is 5.32 Å². The van der Waals surface area contributed by atoms with Gasteiger partial charge in [-0.1, -0.05) is 23.8 Å². The van der Waals surface area contributed by atoms with Crippen LogP contribution in [-0.2, 0) is 10.0 Å². The van der Waals surface area contributed by atoms with Gasteiger partial charge in [0.2, 0.25) is 10.0 Å². The van der Waals surface area contributed by atoms with Gasteiger partial charge in [-0.15, -0.1) is 0 Å². The normalized spacial score (nSPS) is 15.4. The number of carbonyl (C=O) groups excluding carboxylic acids is 1. The van der Waals surface area contributed by atoms with E-state index in [1.807, 2.05) is 19.1 Å². The lowest BCUT2D eigenvalue weighted by atomic mass is 10.1. The minimum absolute atomic E-state index is 0.214. The molecule has 2 aromatic carbocycles. The first kappa shape index (κ1) is 16.7. The van der Waals surface area contributed by atoms with E-state index in [1.54, 1.807) is 30.3 Å². The van der Waals surface area contributed by atoms with E-state index >= 15 is 0 Å². The monoisotopic (exact) mass is 344 g/mol. The Morgan fingerprint density at radius 1 is 1.04 bits per heavy atom. The number of hydrogen-bond donors (Lipinski definition) is 1. The van der Waals surface area contributed by atoms with Crippen LogP contribution in [-0.4, -0.2) is 31.7 Å². The van der Waals surface area contributed by atoms with Crippen molar-refractivity contribution in [2.45, 2.75) is 24.7 Å². The van der Waals surface area contributed by atoms with E-state index in [4.69, 9.17) is 0 Å². The smallest absolute Gasteiger partial charge is 0.255 e. The maximum Gasteiger partial charge on any atom is 0.255 e. The van der Waals surface area contributed by atoms with Crippen LogP contribution in [0.2, 0.25) is 0 Å². The van der Waals surface area contributed by atoms with E-state index in [0.29, 0.717) is 24.3 Å². The maximum absolute atomic E-state index is 12.6. The van der Waals surface area contributed by atoms with Gasteiger partial charge in [-0.2, -0.15) is 4.31 Å². The summed E-state index contributed by atoms with van der Waals surface area (Å²) in [6.07, 6.45) is 1.78. The van der Waals surface area contributed by atoms with Gasteiger partial charge in [0.15, 0.2) is 0 Å². The third kappa shape index (κ3) is 3.49. The van der Waals surface area contributed by atoms with Crippen LogP contribution in [0, 0.1) is 6.92 Å². The molecule has 24 heavy (non-hydrogen) atoms. The highest BCUT2D eigenvalue weighted by molar-refractivity contribution is 7.89. The summed E-state index contributed by atoms with van der Waals surface area (Å²) in [5.74, 6) is -0.259. The molecule has 6 heteroatoms. The molecule has 0 saturated carbocycles. The molecule has 1 fully saturated rings. The van der Waals surface area contributed by atoms with Crippen molar-refractivity contribution in [2.24, 2.45) is 0 Å². The van der Waals surface area contributed by atoms with Crippen molar-refractivity contribution in [1.29, 1.82) is 0 Å². The van der Waals surface area contributed by atoms with Crippen molar-refractivity contribution in [1.82, 2.24) is 4.31 Å². The van der Waals surface area contributed by atoms with Crippen molar-refractivity contribution >= 4 is 21.6 Å². The molecule has 1 aliphatic rings.